The number of nitrogens with two attached hydrogens (primary N) is 1. The van der Waals surface area contributed by atoms with Crippen molar-refractivity contribution in [2.24, 2.45) is 22.1 Å². The largest absolute Gasteiger partial charge is 0.512 e. The summed E-state index contributed by atoms with van der Waals surface area (Å²) in [5.74, 6) is 1.23. The van der Waals surface area contributed by atoms with Crippen LogP contribution in [0.15, 0.2) is 16.8 Å². The van der Waals surface area contributed by atoms with Crippen LogP contribution in [0.25, 0.3) is 0 Å². The Morgan fingerprint density at radius 1 is 1.36 bits per heavy atom. The Balaban J connectivity index is 2.67. The standard InChI is InChI=1S/C18H32N2O4S/c1-17(2,12-23-5)14(21)10-15(19)20-16(22)18(3,4)25-11-13-6-8-24-9-7-13/h10,13,21H,6-9,11-12H2,1-5H3,(H2,19,20,22)/b14-10-. The fraction of sp³-hybridized carbons (Fsp3) is 0.778. The zero-order valence-corrected chi connectivity index (χ0v) is 16.8. The van der Waals surface area contributed by atoms with Crippen LogP contribution in [0.3, 0.4) is 0 Å². The summed E-state index contributed by atoms with van der Waals surface area (Å²) in [6.45, 7) is 9.29. The third-order valence-electron chi connectivity index (χ3n) is 4.25. The summed E-state index contributed by atoms with van der Waals surface area (Å²) in [7, 11) is 1.56. The molecular weight excluding hydrogens is 340 g/mol. The van der Waals surface area contributed by atoms with E-state index in [0.717, 1.165) is 31.8 Å². The van der Waals surface area contributed by atoms with Gasteiger partial charge in [0, 0.05) is 31.8 Å². The van der Waals surface area contributed by atoms with Crippen LogP contribution >= 0.6 is 11.8 Å². The van der Waals surface area contributed by atoms with E-state index in [2.05, 4.69) is 4.99 Å². The number of hydrogen-bond acceptors (Lipinski definition) is 5. The summed E-state index contributed by atoms with van der Waals surface area (Å²) >= 11 is 1.60. The third kappa shape index (κ3) is 7.38. The molecule has 0 aliphatic carbocycles. The highest BCUT2D eigenvalue weighted by atomic mass is 32.2. The number of aliphatic hydroxyl groups is 1. The predicted molar refractivity (Wildman–Crippen MR) is 103 cm³/mol. The van der Waals surface area contributed by atoms with Crippen LogP contribution in [-0.2, 0) is 14.3 Å². The Labute approximate surface area is 155 Å². The van der Waals surface area contributed by atoms with Crippen LogP contribution in [0.1, 0.15) is 40.5 Å². The highest BCUT2D eigenvalue weighted by molar-refractivity contribution is 8.01. The van der Waals surface area contributed by atoms with Gasteiger partial charge in [0.15, 0.2) is 0 Å². The van der Waals surface area contributed by atoms with Crippen molar-refractivity contribution in [1.29, 1.82) is 0 Å². The Morgan fingerprint density at radius 3 is 2.52 bits per heavy atom. The number of rotatable bonds is 8. The Bertz CT molecular complexity index is 509. The molecular formula is C18H32N2O4S. The number of amides is 1. The second-order valence-electron chi connectivity index (χ2n) is 7.57. The lowest BCUT2D eigenvalue weighted by atomic mass is 9.91. The van der Waals surface area contributed by atoms with Crippen LogP contribution in [0.2, 0.25) is 0 Å². The molecule has 0 atom stereocenters. The van der Waals surface area contributed by atoms with Gasteiger partial charge in [-0.3, -0.25) is 4.79 Å². The summed E-state index contributed by atoms with van der Waals surface area (Å²) in [5.41, 5.74) is 5.24. The molecule has 1 saturated heterocycles. The van der Waals surface area contributed by atoms with Gasteiger partial charge in [-0.15, -0.1) is 11.8 Å². The van der Waals surface area contributed by atoms with Gasteiger partial charge in [-0.2, -0.15) is 4.99 Å². The molecule has 1 fully saturated rings. The van der Waals surface area contributed by atoms with Gasteiger partial charge in [0.05, 0.1) is 11.4 Å². The topological polar surface area (TPSA) is 94.1 Å². The fourth-order valence-electron chi connectivity index (χ4n) is 2.36. The van der Waals surface area contributed by atoms with Crippen molar-refractivity contribution >= 4 is 23.5 Å². The number of amidine groups is 1. The highest BCUT2D eigenvalue weighted by Gasteiger charge is 2.30. The van der Waals surface area contributed by atoms with Crippen molar-refractivity contribution in [1.82, 2.24) is 0 Å². The zero-order chi connectivity index (χ0) is 19.1. The molecule has 1 heterocycles. The van der Waals surface area contributed by atoms with E-state index in [4.69, 9.17) is 15.2 Å². The molecule has 0 aromatic heterocycles. The SMILES string of the molecule is COCC(C)(C)/C(O)=C/C(N)=NC(=O)C(C)(C)SCC1CCOCC1. The number of aliphatic imine (C=N–C) groups is 1. The summed E-state index contributed by atoms with van der Waals surface area (Å²) in [6.07, 6.45) is 3.40. The van der Waals surface area contributed by atoms with Crippen molar-refractivity contribution in [3.63, 3.8) is 0 Å². The van der Waals surface area contributed by atoms with Crippen LogP contribution < -0.4 is 5.73 Å². The van der Waals surface area contributed by atoms with Gasteiger partial charge in [0.2, 0.25) is 0 Å². The first-order valence-corrected chi connectivity index (χ1v) is 9.57. The summed E-state index contributed by atoms with van der Waals surface area (Å²) in [5, 5.41) is 10.2. The number of carbonyl (C=O) groups is 1. The van der Waals surface area contributed by atoms with Crippen LogP contribution in [0.5, 0.6) is 0 Å². The monoisotopic (exact) mass is 372 g/mol. The average molecular weight is 373 g/mol. The van der Waals surface area contributed by atoms with Gasteiger partial charge in [-0.25, -0.2) is 0 Å². The molecule has 0 aromatic rings. The van der Waals surface area contributed by atoms with Crippen molar-refractivity contribution in [2.45, 2.75) is 45.3 Å². The average Bonchev–Trinajstić information content (AvgIpc) is 2.53. The van der Waals surface area contributed by atoms with Gasteiger partial charge in [-0.1, -0.05) is 13.8 Å². The second-order valence-corrected chi connectivity index (χ2v) is 9.21. The second kappa shape index (κ2) is 9.59. The lowest BCUT2D eigenvalue weighted by molar-refractivity contribution is -0.119. The minimum atomic E-state index is -0.658. The van der Waals surface area contributed by atoms with E-state index in [1.165, 1.54) is 6.08 Å². The van der Waals surface area contributed by atoms with Gasteiger partial charge < -0.3 is 20.3 Å². The molecule has 3 N–H and O–H groups in total. The molecule has 25 heavy (non-hydrogen) atoms. The number of carbonyl (C=O) groups excluding carboxylic acids is 1. The lowest BCUT2D eigenvalue weighted by Crippen LogP contribution is -2.31. The number of thioether (sulfide) groups is 1. The number of methoxy groups -OCH3 is 1. The molecule has 0 aromatic carbocycles. The molecule has 1 aliphatic rings. The van der Waals surface area contributed by atoms with Crippen molar-refractivity contribution in [3.8, 4) is 0 Å². The predicted octanol–water partition coefficient (Wildman–Crippen LogP) is 2.92. The van der Waals surface area contributed by atoms with E-state index in [1.807, 2.05) is 27.7 Å². The fourth-order valence-corrected chi connectivity index (χ4v) is 3.51. The molecule has 0 saturated carbocycles. The van der Waals surface area contributed by atoms with Crippen LogP contribution in [-0.4, -0.2) is 54.3 Å². The van der Waals surface area contributed by atoms with Crippen molar-refractivity contribution < 1.29 is 19.4 Å². The molecule has 0 radical (unpaired) electrons. The minimum absolute atomic E-state index is 0.00594. The smallest absolute Gasteiger partial charge is 0.263 e. The molecule has 7 heteroatoms. The van der Waals surface area contributed by atoms with E-state index < -0.39 is 10.2 Å². The number of hydrogen-bond donors (Lipinski definition) is 2. The molecule has 0 bridgehead atoms. The number of aliphatic hydroxyl groups excluding tert-OH is 1. The molecule has 0 unspecified atom stereocenters. The molecule has 6 nitrogen and oxygen atoms in total. The summed E-state index contributed by atoms with van der Waals surface area (Å²) in [4.78, 5) is 16.4. The van der Waals surface area contributed by atoms with E-state index >= 15 is 0 Å². The molecule has 0 spiro atoms. The van der Waals surface area contributed by atoms with Crippen molar-refractivity contribution in [3.05, 3.63) is 11.8 Å². The zero-order valence-electron chi connectivity index (χ0n) is 16.0. The van der Waals surface area contributed by atoms with Crippen LogP contribution in [0, 0.1) is 11.3 Å². The van der Waals surface area contributed by atoms with Gasteiger partial charge >= 0.3 is 0 Å². The van der Waals surface area contributed by atoms with E-state index in [9.17, 15) is 9.90 Å². The van der Waals surface area contributed by atoms with Crippen molar-refractivity contribution in [2.75, 3.05) is 32.7 Å². The van der Waals surface area contributed by atoms with Gasteiger partial charge in [-0.05, 0) is 38.4 Å². The molecule has 1 aliphatic heterocycles. The van der Waals surface area contributed by atoms with Gasteiger partial charge in [0.25, 0.3) is 5.91 Å². The molecule has 144 valence electrons. The maximum absolute atomic E-state index is 12.5. The summed E-state index contributed by atoms with van der Waals surface area (Å²) < 4.78 is 9.78. The molecule has 1 amide bonds. The first-order chi connectivity index (χ1) is 11.6. The minimum Gasteiger partial charge on any atom is -0.512 e. The lowest BCUT2D eigenvalue weighted by Gasteiger charge is -2.26. The first-order valence-electron chi connectivity index (χ1n) is 8.59. The maximum Gasteiger partial charge on any atom is 0.263 e. The van der Waals surface area contributed by atoms with E-state index in [1.54, 1.807) is 18.9 Å². The number of ether oxygens (including phenoxy) is 2. The Hall–Kier alpha value is -1.05. The Kier molecular flexibility index (Phi) is 8.44. The van der Waals surface area contributed by atoms with Gasteiger partial charge in [0.1, 0.15) is 11.6 Å². The first kappa shape index (κ1) is 22.0. The summed E-state index contributed by atoms with van der Waals surface area (Å²) in [6, 6.07) is 0. The normalized spacial score (nSPS) is 18.4. The highest BCUT2D eigenvalue weighted by Crippen LogP contribution is 2.31. The Morgan fingerprint density at radius 2 is 1.96 bits per heavy atom. The third-order valence-corrected chi connectivity index (χ3v) is 5.78. The van der Waals surface area contributed by atoms with Crippen LogP contribution in [0.4, 0.5) is 0 Å². The van der Waals surface area contributed by atoms with E-state index in [0.29, 0.717) is 12.5 Å². The quantitative estimate of drug-likeness (QED) is 0.386. The molecule has 1 rings (SSSR count). The maximum atomic E-state index is 12.5. The number of nitrogens with zero attached hydrogens (tertiary/aromatic N) is 1. The van der Waals surface area contributed by atoms with E-state index in [-0.39, 0.29) is 17.5 Å².